The topological polar surface area (TPSA) is 162 Å². The summed E-state index contributed by atoms with van der Waals surface area (Å²) in [6.45, 7) is 3.59. The molecule has 0 bridgehead atoms. The van der Waals surface area contributed by atoms with Crippen LogP contribution in [0.2, 0.25) is 0 Å². The largest absolute Gasteiger partial charge is 0.473 e. The Hall–Kier alpha value is -5.78. The van der Waals surface area contributed by atoms with Gasteiger partial charge >= 0.3 is 0 Å². The standard InChI is InChI=1S/2C18H15F2N3O3.CH3FS/c2*1-10-2-3-13(19)12(4-10)18(20)6-11(7-18)25-17-9-21-14(8-22-17)15-5-16(24)23-26-15;1-3-2/h2*2-5,8-9,11H,6-7H2,1H3,(H,23,24);1H3. The third-order valence-electron chi connectivity index (χ3n) is 8.80. The van der Waals surface area contributed by atoms with Gasteiger partial charge in [-0.25, -0.2) is 37.5 Å². The molecule has 2 aliphatic carbocycles. The minimum atomic E-state index is -1.73. The lowest BCUT2D eigenvalue weighted by atomic mass is 9.74. The summed E-state index contributed by atoms with van der Waals surface area (Å²) < 4.78 is 88.9. The fourth-order valence-corrected chi connectivity index (χ4v) is 6.06. The van der Waals surface area contributed by atoms with Gasteiger partial charge in [-0.15, -0.1) is 0 Å². The molecule has 0 unspecified atom stereocenters. The molecule has 2 N–H and O–H groups in total. The van der Waals surface area contributed by atoms with Crippen molar-refractivity contribution in [3.05, 3.63) is 128 Å². The van der Waals surface area contributed by atoms with Crippen LogP contribution in [0.25, 0.3) is 22.9 Å². The second kappa shape index (κ2) is 16.3. The minimum Gasteiger partial charge on any atom is -0.473 e. The van der Waals surface area contributed by atoms with Crippen molar-refractivity contribution in [2.45, 2.75) is 63.1 Å². The van der Waals surface area contributed by atoms with Crippen LogP contribution in [-0.4, -0.2) is 48.7 Å². The first-order valence-electron chi connectivity index (χ1n) is 16.7. The number of alkyl halides is 2. The second-order valence-electron chi connectivity index (χ2n) is 13.0. The van der Waals surface area contributed by atoms with Crippen molar-refractivity contribution in [3.63, 3.8) is 0 Å². The molecule has 0 atom stereocenters. The Morgan fingerprint density at radius 1 is 0.673 bits per heavy atom. The Kier molecular flexibility index (Phi) is 11.5. The molecule has 2 aliphatic rings. The zero-order chi connectivity index (χ0) is 39.3. The third-order valence-corrected chi connectivity index (χ3v) is 8.80. The number of rotatable bonds is 8. The molecule has 2 aromatic carbocycles. The van der Waals surface area contributed by atoms with E-state index in [1.54, 1.807) is 26.0 Å². The lowest BCUT2D eigenvalue weighted by molar-refractivity contribution is -0.0512. The third kappa shape index (κ3) is 9.13. The van der Waals surface area contributed by atoms with E-state index in [0.29, 0.717) is 11.4 Å². The molecule has 0 aliphatic heterocycles. The van der Waals surface area contributed by atoms with Gasteiger partial charge in [-0.2, -0.15) is 14.2 Å². The van der Waals surface area contributed by atoms with Gasteiger partial charge in [-0.05, 0) is 38.1 Å². The van der Waals surface area contributed by atoms with Crippen LogP contribution in [0.15, 0.2) is 92.0 Å². The van der Waals surface area contributed by atoms with Crippen molar-refractivity contribution in [1.82, 2.24) is 30.2 Å². The van der Waals surface area contributed by atoms with Crippen LogP contribution >= 0.6 is 12.1 Å². The van der Waals surface area contributed by atoms with Gasteiger partial charge in [0.25, 0.3) is 11.1 Å². The van der Waals surface area contributed by atoms with Gasteiger partial charge in [-0.3, -0.25) is 9.59 Å². The van der Waals surface area contributed by atoms with Crippen LogP contribution in [0.5, 0.6) is 11.8 Å². The molecule has 0 radical (unpaired) electrons. The van der Waals surface area contributed by atoms with Gasteiger partial charge < -0.3 is 18.5 Å². The van der Waals surface area contributed by atoms with Crippen LogP contribution < -0.4 is 20.6 Å². The van der Waals surface area contributed by atoms with Crippen molar-refractivity contribution < 1.29 is 40.0 Å². The number of halogens is 5. The van der Waals surface area contributed by atoms with Gasteiger partial charge in [0.05, 0.1) is 36.9 Å². The average Bonchev–Trinajstić information content (AvgIpc) is 3.78. The van der Waals surface area contributed by atoms with Crippen molar-refractivity contribution in [2.75, 3.05) is 6.26 Å². The maximum absolute atomic E-state index is 14.9. The maximum Gasteiger partial charge on any atom is 0.280 e. The lowest BCUT2D eigenvalue weighted by Crippen LogP contribution is -2.45. The number of hydrogen-bond donors (Lipinski definition) is 2. The fourth-order valence-electron chi connectivity index (χ4n) is 6.06. The Morgan fingerprint density at radius 2 is 1.05 bits per heavy atom. The molecular formula is C37H33F5N6O6S. The Morgan fingerprint density at radius 3 is 1.36 bits per heavy atom. The van der Waals surface area contributed by atoms with E-state index >= 15 is 0 Å². The van der Waals surface area contributed by atoms with Gasteiger partial charge in [-0.1, -0.05) is 23.3 Å². The lowest BCUT2D eigenvalue weighted by Gasteiger charge is -2.41. The molecule has 18 heteroatoms. The number of aromatic nitrogens is 6. The summed E-state index contributed by atoms with van der Waals surface area (Å²) in [6, 6.07) is 11.4. The molecule has 6 aromatic rings. The predicted octanol–water partition coefficient (Wildman–Crippen LogP) is 7.79. The molecule has 4 heterocycles. The van der Waals surface area contributed by atoms with E-state index in [4.69, 9.17) is 18.5 Å². The summed E-state index contributed by atoms with van der Waals surface area (Å²) in [5, 5.41) is 4.33. The molecule has 0 spiro atoms. The van der Waals surface area contributed by atoms with Gasteiger partial charge in [0.2, 0.25) is 11.8 Å². The zero-order valence-electron chi connectivity index (χ0n) is 29.4. The van der Waals surface area contributed by atoms with Gasteiger partial charge in [0.15, 0.2) is 11.5 Å². The highest BCUT2D eigenvalue weighted by molar-refractivity contribution is 7.93. The van der Waals surface area contributed by atoms with E-state index in [2.05, 4.69) is 30.2 Å². The SMILES string of the molecule is CSF.Cc1ccc(F)c(C2(F)CC(Oc3cnc(-c4cc(=O)[nH]o4)cn3)C2)c1.Cc1ccc(F)c(C2(F)CC(Oc3cnc(-c4cc(=O)[nH]o4)cn3)C2)c1. The number of nitrogens with zero attached hydrogens (tertiary/aromatic N) is 4. The zero-order valence-corrected chi connectivity index (χ0v) is 30.3. The highest BCUT2D eigenvalue weighted by Crippen LogP contribution is 2.48. The number of benzene rings is 2. The fraction of sp³-hybridized carbons (Fsp3) is 0.297. The molecule has 0 saturated heterocycles. The molecule has 288 valence electrons. The molecule has 8 rings (SSSR count). The average molecular weight is 785 g/mol. The summed E-state index contributed by atoms with van der Waals surface area (Å²) in [4.78, 5) is 38.5. The maximum atomic E-state index is 14.9. The number of aryl methyl sites for hydroxylation is 2. The van der Waals surface area contributed by atoms with E-state index in [-0.39, 0.29) is 83.4 Å². The monoisotopic (exact) mass is 784 g/mol. The molecule has 2 saturated carbocycles. The summed E-state index contributed by atoms with van der Waals surface area (Å²) in [5.74, 6) is -0.125. The normalized spacial score (nSPS) is 21.2. The van der Waals surface area contributed by atoms with Crippen molar-refractivity contribution in [2.24, 2.45) is 0 Å². The number of H-pyrrole nitrogens is 2. The summed E-state index contributed by atoms with van der Waals surface area (Å²) in [7, 11) is 0. The van der Waals surface area contributed by atoms with Crippen molar-refractivity contribution in [3.8, 4) is 34.7 Å². The number of nitrogens with one attached hydrogen (secondary N) is 2. The smallest absolute Gasteiger partial charge is 0.280 e. The molecule has 0 amide bonds. The first-order valence-corrected chi connectivity index (χ1v) is 17.8. The van der Waals surface area contributed by atoms with E-state index in [1.165, 1.54) is 67.4 Å². The summed E-state index contributed by atoms with van der Waals surface area (Å²) in [6.07, 6.45) is 6.25. The van der Waals surface area contributed by atoms with E-state index in [9.17, 15) is 31.0 Å². The molecular weight excluding hydrogens is 751 g/mol. The highest BCUT2D eigenvalue weighted by Gasteiger charge is 2.50. The van der Waals surface area contributed by atoms with E-state index in [1.807, 2.05) is 0 Å². The van der Waals surface area contributed by atoms with Crippen LogP contribution in [0.4, 0.5) is 21.4 Å². The van der Waals surface area contributed by atoms with Crippen molar-refractivity contribution >= 4 is 12.1 Å². The minimum absolute atomic E-state index is 0.0451. The second-order valence-corrected chi connectivity index (χ2v) is 13.3. The van der Waals surface area contributed by atoms with Crippen LogP contribution in [-0.2, 0) is 11.3 Å². The van der Waals surface area contributed by atoms with Gasteiger partial charge in [0.1, 0.15) is 46.6 Å². The predicted molar refractivity (Wildman–Crippen MR) is 190 cm³/mol. The number of aromatic amines is 2. The number of hydrogen-bond acceptors (Lipinski definition) is 11. The molecule has 4 aromatic heterocycles. The Labute approximate surface area is 313 Å². The Balaban J connectivity index is 0.000000175. The highest BCUT2D eigenvalue weighted by atomic mass is 32.2. The summed E-state index contributed by atoms with van der Waals surface area (Å²) >= 11 is 0.250. The molecule has 2 fully saturated rings. The first-order chi connectivity index (χ1) is 26.3. The quantitative estimate of drug-likeness (QED) is 0.145. The van der Waals surface area contributed by atoms with Crippen LogP contribution in [0.1, 0.15) is 47.9 Å². The molecule has 12 nitrogen and oxygen atoms in total. The van der Waals surface area contributed by atoms with E-state index < -0.39 is 35.2 Å². The van der Waals surface area contributed by atoms with Crippen molar-refractivity contribution in [1.29, 1.82) is 0 Å². The van der Waals surface area contributed by atoms with Crippen LogP contribution in [0, 0.1) is 25.5 Å². The van der Waals surface area contributed by atoms with Crippen LogP contribution in [0.3, 0.4) is 0 Å². The summed E-state index contributed by atoms with van der Waals surface area (Å²) in [5.41, 5.74) is -1.73. The molecule has 55 heavy (non-hydrogen) atoms. The first kappa shape index (κ1) is 38.9. The number of ether oxygens (including phenoxy) is 2. The van der Waals surface area contributed by atoms with Gasteiger partial charge in [0, 0.05) is 55.2 Å². The van der Waals surface area contributed by atoms with E-state index in [0.717, 1.165) is 11.1 Å². The Bertz CT molecular complexity index is 2170.